The van der Waals surface area contributed by atoms with Gasteiger partial charge in [0, 0.05) is 19.6 Å². The first-order valence-electron chi connectivity index (χ1n) is 5.97. The first-order chi connectivity index (χ1) is 9.22. The van der Waals surface area contributed by atoms with E-state index in [0.29, 0.717) is 6.54 Å². The number of rotatable bonds is 3. The van der Waals surface area contributed by atoms with E-state index in [9.17, 15) is 4.79 Å². The predicted molar refractivity (Wildman–Crippen MR) is 83.7 cm³/mol. The minimum absolute atomic E-state index is 0.0146. The smallest absolute Gasteiger partial charge is 0.234 e. The number of thiophene rings is 1. The summed E-state index contributed by atoms with van der Waals surface area (Å²) in [5.74, 6) is 0.130. The van der Waals surface area contributed by atoms with Crippen molar-refractivity contribution in [3.63, 3.8) is 0 Å². The largest absolute Gasteiger partial charge is 0.350 e. The van der Waals surface area contributed by atoms with Crippen molar-refractivity contribution in [1.82, 2.24) is 5.32 Å². The van der Waals surface area contributed by atoms with E-state index in [2.05, 4.69) is 33.4 Å². The maximum atomic E-state index is 12.2. The molecule has 1 N–H and O–H groups in total. The zero-order chi connectivity index (χ0) is 13.2. The normalized spacial score (nSPS) is 17.2. The Labute approximate surface area is 128 Å². The fourth-order valence-electron chi connectivity index (χ4n) is 2.06. The lowest BCUT2D eigenvalue weighted by molar-refractivity contribution is -0.120. The van der Waals surface area contributed by atoms with Gasteiger partial charge in [0.05, 0.1) is 11.8 Å². The number of amides is 1. The molecule has 1 unspecified atom stereocenters. The summed E-state index contributed by atoms with van der Waals surface area (Å²) in [7, 11) is 0. The second-order valence-electron chi connectivity index (χ2n) is 4.37. The third kappa shape index (κ3) is 3.04. The SMILES string of the molecule is O=C(NCc1cc(Br)cs1)C1Cc2ccccc2S1. The zero-order valence-electron chi connectivity index (χ0n) is 10.1. The Morgan fingerprint density at radius 1 is 1.42 bits per heavy atom. The van der Waals surface area contributed by atoms with Crippen molar-refractivity contribution in [2.24, 2.45) is 0 Å². The van der Waals surface area contributed by atoms with Crippen molar-refractivity contribution in [3.8, 4) is 0 Å². The van der Waals surface area contributed by atoms with Crippen LogP contribution in [0.4, 0.5) is 0 Å². The molecule has 1 aliphatic rings. The van der Waals surface area contributed by atoms with Crippen LogP contribution in [0, 0.1) is 0 Å². The number of halogens is 1. The molecule has 0 bridgehead atoms. The van der Waals surface area contributed by atoms with Crippen LogP contribution in [0.3, 0.4) is 0 Å². The van der Waals surface area contributed by atoms with E-state index in [1.165, 1.54) is 15.3 Å². The van der Waals surface area contributed by atoms with Crippen LogP contribution < -0.4 is 5.32 Å². The van der Waals surface area contributed by atoms with Crippen LogP contribution in [-0.2, 0) is 17.8 Å². The maximum absolute atomic E-state index is 12.2. The van der Waals surface area contributed by atoms with Crippen LogP contribution in [0.1, 0.15) is 10.4 Å². The van der Waals surface area contributed by atoms with Crippen LogP contribution in [-0.4, -0.2) is 11.2 Å². The molecule has 19 heavy (non-hydrogen) atoms. The van der Waals surface area contributed by atoms with E-state index in [1.54, 1.807) is 23.1 Å². The highest BCUT2D eigenvalue weighted by Gasteiger charge is 2.27. The van der Waals surface area contributed by atoms with Gasteiger partial charge in [0.15, 0.2) is 0 Å². The molecule has 98 valence electrons. The van der Waals surface area contributed by atoms with Gasteiger partial charge < -0.3 is 5.32 Å². The number of benzene rings is 1. The van der Waals surface area contributed by atoms with Gasteiger partial charge >= 0.3 is 0 Å². The van der Waals surface area contributed by atoms with Gasteiger partial charge in [-0.1, -0.05) is 18.2 Å². The van der Waals surface area contributed by atoms with E-state index < -0.39 is 0 Å². The van der Waals surface area contributed by atoms with Crippen molar-refractivity contribution >= 4 is 44.9 Å². The Morgan fingerprint density at radius 3 is 3.00 bits per heavy atom. The predicted octanol–water partition coefficient (Wildman–Crippen LogP) is 3.84. The van der Waals surface area contributed by atoms with Crippen molar-refractivity contribution in [1.29, 1.82) is 0 Å². The summed E-state index contributed by atoms with van der Waals surface area (Å²) in [6.07, 6.45) is 0.834. The summed E-state index contributed by atoms with van der Waals surface area (Å²) in [5, 5.41) is 5.06. The summed E-state index contributed by atoms with van der Waals surface area (Å²) < 4.78 is 1.07. The molecule has 0 spiro atoms. The molecule has 1 atom stereocenters. The lowest BCUT2D eigenvalue weighted by Crippen LogP contribution is -2.31. The lowest BCUT2D eigenvalue weighted by Gasteiger charge is -2.08. The Balaban J connectivity index is 1.58. The second kappa shape index (κ2) is 5.69. The molecule has 2 aromatic rings. The first-order valence-corrected chi connectivity index (χ1v) is 8.53. The molecule has 3 rings (SSSR count). The van der Waals surface area contributed by atoms with Crippen molar-refractivity contribution in [2.75, 3.05) is 0 Å². The van der Waals surface area contributed by atoms with E-state index in [1.807, 2.05) is 23.6 Å². The molecule has 1 aromatic heterocycles. The van der Waals surface area contributed by atoms with Crippen LogP contribution in [0.2, 0.25) is 0 Å². The first kappa shape index (κ1) is 13.2. The van der Waals surface area contributed by atoms with Gasteiger partial charge in [-0.15, -0.1) is 23.1 Å². The van der Waals surface area contributed by atoms with Gasteiger partial charge in [-0.2, -0.15) is 0 Å². The highest BCUT2D eigenvalue weighted by Crippen LogP contribution is 2.36. The number of thioether (sulfide) groups is 1. The minimum atomic E-state index is 0.0146. The number of fused-ring (bicyclic) bond motifs is 1. The van der Waals surface area contributed by atoms with Gasteiger partial charge in [0.25, 0.3) is 0 Å². The van der Waals surface area contributed by atoms with Crippen molar-refractivity contribution < 1.29 is 4.79 Å². The van der Waals surface area contributed by atoms with Gasteiger partial charge in [-0.05, 0) is 40.0 Å². The Kier molecular flexibility index (Phi) is 3.96. The Morgan fingerprint density at radius 2 is 2.26 bits per heavy atom. The summed E-state index contributed by atoms with van der Waals surface area (Å²) in [6, 6.07) is 10.3. The molecule has 0 saturated heterocycles. The van der Waals surface area contributed by atoms with Gasteiger partial charge in [0.1, 0.15) is 0 Å². The molecule has 1 aliphatic heterocycles. The van der Waals surface area contributed by atoms with E-state index in [0.717, 1.165) is 10.9 Å². The minimum Gasteiger partial charge on any atom is -0.350 e. The van der Waals surface area contributed by atoms with Crippen LogP contribution in [0.15, 0.2) is 45.1 Å². The number of carbonyl (C=O) groups excluding carboxylic acids is 1. The average molecular weight is 354 g/mol. The number of carbonyl (C=O) groups is 1. The van der Waals surface area contributed by atoms with Crippen molar-refractivity contribution in [2.45, 2.75) is 23.1 Å². The maximum Gasteiger partial charge on any atom is 0.234 e. The molecule has 1 aromatic carbocycles. The Bertz CT molecular complexity index is 586. The van der Waals surface area contributed by atoms with Crippen LogP contribution in [0.25, 0.3) is 0 Å². The molecular formula is C14H12BrNOS2. The molecule has 1 amide bonds. The molecule has 2 nitrogen and oxygen atoms in total. The fourth-order valence-corrected chi connectivity index (χ4v) is 4.67. The van der Waals surface area contributed by atoms with Crippen LogP contribution in [0.5, 0.6) is 0 Å². The monoisotopic (exact) mass is 353 g/mol. The Hall–Kier alpha value is -0.780. The number of nitrogens with one attached hydrogen (secondary N) is 1. The van der Waals surface area contributed by atoms with Gasteiger partial charge in [0.2, 0.25) is 5.91 Å². The molecular weight excluding hydrogens is 342 g/mol. The van der Waals surface area contributed by atoms with Gasteiger partial charge in [-0.25, -0.2) is 0 Å². The van der Waals surface area contributed by atoms with E-state index in [4.69, 9.17) is 0 Å². The summed E-state index contributed by atoms with van der Waals surface area (Å²) in [5.41, 5.74) is 1.28. The molecule has 0 radical (unpaired) electrons. The standard InChI is InChI=1S/C14H12BrNOS2/c15-10-6-11(18-8-10)7-16-14(17)13-5-9-3-1-2-4-12(9)19-13/h1-4,6,8,13H,5,7H2,(H,16,17). The summed E-state index contributed by atoms with van der Waals surface area (Å²) >= 11 is 6.74. The lowest BCUT2D eigenvalue weighted by atomic mass is 10.1. The van der Waals surface area contributed by atoms with Gasteiger partial charge in [-0.3, -0.25) is 4.79 Å². The molecule has 5 heteroatoms. The summed E-state index contributed by atoms with van der Waals surface area (Å²) in [4.78, 5) is 14.6. The highest BCUT2D eigenvalue weighted by atomic mass is 79.9. The fraction of sp³-hybridized carbons (Fsp3) is 0.214. The number of hydrogen-bond acceptors (Lipinski definition) is 3. The zero-order valence-corrected chi connectivity index (χ0v) is 13.3. The highest BCUT2D eigenvalue weighted by molar-refractivity contribution is 9.10. The van der Waals surface area contributed by atoms with E-state index in [-0.39, 0.29) is 11.2 Å². The molecule has 0 fully saturated rings. The third-order valence-corrected chi connectivity index (χ3v) is 6.01. The average Bonchev–Trinajstić information content (AvgIpc) is 3.01. The van der Waals surface area contributed by atoms with Crippen LogP contribution >= 0.6 is 39.0 Å². The van der Waals surface area contributed by atoms with E-state index >= 15 is 0 Å². The quantitative estimate of drug-likeness (QED) is 0.907. The molecule has 0 aliphatic carbocycles. The molecule has 2 heterocycles. The topological polar surface area (TPSA) is 29.1 Å². The number of hydrogen-bond donors (Lipinski definition) is 1. The van der Waals surface area contributed by atoms with Crippen molar-refractivity contribution in [3.05, 3.63) is 50.6 Å². The second-order valence-corrected chi connectivity index (χ2v) is 7.52. The molecule has 0 saturated carbocycles. The third-order valence-electron chi connectivity index (χ3n) is 3.00. The summed E-state index contributed by atoms with van der Waals surface area (Å²) in [6.45, 7) is 0.614.